The first-order valence-corrected chi connectivity index (χ1v) is 7.34. The highest BCUT2D eigenvalue weighted by molar-refractivity contribution is 7.89. The highest BCUT2D eigenvalue weighted by Crippen LogP contribution is 2.22. The Bertz CT molecular complexity index is 548. The molecule has 0 heterocycles. The number of nitrogens with one attached hydrogen (secondary N) is 1. The summed E-state index contributed by atoms with van der Waals surface area (Å²) >= 11 is 0. The van der Waals surface area contributed by atoms with E-state index in [4.69, 9.17) is 5.73 Å². The van der Waals surface area contributed by atoms with E-state index in [1.54, 1.807) is 12.1 Å². The number of anilines is 1. The molecule has 18 heavy (non-hydrogen) atoms. The molecule has 0 bridgehead atoms. The topological polar surface area (TPSA) is 72.2 Å². The lowest BCUT2D eigenvalue weighted by Crippen LogP contribution is -2.25. The fraction of sp³-hybridized carbons (Fsp3) is 0.385. The van der Waals surface area contributed by atoms with E-state index in [0.29, 0.717) is 13.0 Å². The van der Waals surface area contributed by atoms with Crippen molar-refractivity contribution < 1.29 is 8.42 Å². The summed E-state index contributed by atoms with van der Waals surface area (Å²) in [7, 11) is -3.52. The van der Waals surface area contributed by atoms with Crippen LogP contribution in [0.3, 0.4) is 0 Å². The second-order valence-electron chi connectivity index (χ2n) is 4.23. The highest BCUT2D eigenvalue weighted by Gasteiger charge is 2.17. The number of sulfonamides is 1. The zero-order valence-corrected chi connectivity index (χ0v) is 11.8. The second-order valence-corrected chi connectivity index (χ2v) is 5.97. The minimum absolute atomic E-state index is 0.158. The van der Waals surface area contributed by atoms with E-state index in [9.17, 15) is 8.42 Å². The molecule has 0 saturated carbocycles. The molecule has 5 heteroatoms. The number of benzene rings is 1. The lowest BCUT2D eigenvalue weighted by atomic mass is 10.1. The van der Waals surface area contributed by atoms with Crippen molar-refractivity contribution in [1.29, 1.82) is 0 Å². The number of nitrogens with two attached hydrogens (primary N) is 1. The fourth-order valence-electron chi connectivity index (χ4n) is 1.57. The van der Waals surface area contributed by atoms with Gasteiger partial charge >= 0.3 is 0 Å². The maximum atomic E-state index is 12.1. The molecule has 0 aliphatic rings. The van der Waals surface area contributed by atoms with Crippen molar-refractivity contribution in [3.63, 3.8) is 0 Å². The van der Waals surface area contributed by atoms with Gasteiger partial charge in [0.25, 0.3) is 0 Å². The lowest BCUT2D eigenvalue weighted by Gasteiger charge is -2.11. The third kappa shape index (κ3) is 3.58. The monoisotopic (exact) mass is 268 g/mol. The number of nitrogen functional groups attached to an aromatic ring is 1. The van der Waals surface area contributed by atoms with Crippen molar-refractivity contribution in [3.8, 4) is 0 Å². The summed E-state index contributed by atoms with van der Waals surface area (Å²) in [5, 5.41) is 0. The van der Waals surface area contributed by atoms with E-state index >= 15 is 0 Å². The summed E-state index contributed by atoms with van der Waals surface area (Å²) < 4.78 is 26.7. The van der Waals surface area contributed by atoms with Gasteiger partial charge in [-0.2, -0.15) is 0 Å². The molecule has 1 rings (SSSR count). The fourth-order valence-corrected chi connectivity index (χ4v) is 2.81. The van der Waals surface area contributed by atoms with Crippen LogP contribution in [-0.4, -0.2) is 15.0 Å². The molecule has 0 spiro atoms. The van der Waals surface area contributed by atoms with Crippen molar-refractivity contribution in [2.24, 2.45) is 0 Å². The number of allylic oxidation sites excluding steroid dienone is 1. The van der Waals surface area contributed by atoms with Crippen LogP contribution in [0.5, 0.6) is 0 Å². The molecule has 0 amide bonds. The molecule has 0 fully saturated rings. The molecule has 0 atom stereocenters. The van der Waals surface area contributed by atoms with Gasteiger partial charge in [0.05, 0.1) is 5.69 Å². The molecule has 3 N–H and O–H groups in total. The standard InChI is InChI=1S/C13H20N2O2S/c1-4-5-6-7-15-18(16,17)13-9-11(3)10(2)8-12(13)14/h4-5,8-9,15H,6-7,14H2,1-3H3/b5-4+. The third-order valence-electron chi connectivity index (χ3n) is 2.75. The van der Waals surface area contributed by atoms with Gasteiger partial charge in [-0.05, 0) is 50.5 Å². The maximum absolute atomic E-state index is 12.1. The van der Waals surface area contributed by atoms with Crippen molar-refractivity contribution in [3.05, 3.63) is 35.4 Å². The molecule has 0 unspecified atom stereocenters. The smallest absolute Gasteiger partial charge is 0.242 e. The average molecular weight is 268 g/mol. The van der Waals surface area contributed by atoms with Gasteiger partial charge in [0.1, 0.15) is 4.90 Å². The van der Waals surface area contributed by atoms with Gasteiger partial charge in [0, 0.05) is 6.54 Å². The Hall–Kier alpha value is -1.33. The quantitative estimate of drug-likeness (QED) is 0.488. The summed E-state index contributed by atoms with van der Waals surface area (Å²) in [6.07, 6.45) is 4.46. The molecule has 0 saturated heterocycles. The molecule has 100 valence electrons. The molecule has 1 aromatic rings. The van der Waals surface area contributed by atoms with Gasteiger partial charge < -0.3 is 5.73 Å². The number of hydrogen-bond donors (Lipinski definition) is 2. The molecule has 0 aromatic heterocycles. The minimum Gasteiger partial charge on any atom is -0.398 e. The summed E-state index contributed by atoms with van der Waals surface area (Å²) in [6.45, 7) is 6.05. The summed E-state index contributed by atoms with van der Waals surface area (Å²) in [5.74, 6) is 0. The first kappa shape index (κ1) is 14.7. The number of aryl methyl sites for hydroxylation is 2. The van der Waals surface area contributed by atoms with E-state index in [1.807, 2.05) is 32.9 Å². The predicted molar refractivity (Wildman–Crippen MR) is 74.9 cm³/mol. The highest BCUT2D eigenvalue weighted by atomic mass is 32.2. The number of hydrogen-bond acceptors (Lipinski definition) is 3. The van der Waals surface area contributed by atoms with E-state index in [0.717, 1.165) is 11.1 Å². The van der Waals surface area contributed by atoms with Crippen LogP contribution in [0.15, 0.2) is 29.2 Å². The lowest BCUT2D eigenvalue weighted by molar-refractivity contribution is 0.582. The van der Waals surface area contributed by atoms with Crippen molar-refractivity contribution >= 4 is 15.7 Å². The average Bonchev–Trinajstić information content (AvgIpc) is 2.29. The Morgan fingerprint density at radius 2 is 1.89 bits per heavy atom. The molecular formula is C13H20N2O2S. The first-order chi connectivity index (χ1) is 8.38. The Labute approximate surface area is 109 Å². The van der Waals surface area contributed by atoms with Gasteiger partial charge in [-0.3, -0.25) is 0 Å². The van der Waals surface area contributed by atoms with Crippen LogP contribution in [0.25, 0.3) is 0 Å². The largest absolute Gasteiger partial charge is 0.398 e. The van der Waals surface area contributed by atoms with Crippen LogP contribution in [-0.2, 0) is 10.0 Å². The summed E-state index contributed by atoms with van der Waals surface area (Å²) in [5.41, 5.74) is 7.96. The Morgan fingerprint density at radius 3 is 2.50 bits per heavy atom. The third-order valence-corrected chi connectivity index (χ3v) is 4.27. The van der Waals surface area contributed by atoms with Gasteiger partial charge in [0.15, 0.2) is 0 Å². The van der Waals surface area contributed by atoms with Crippen LogP contribution in [0, 0.1) is 13.8 Å². The van der Waals surface area contributed by atoms with Crippen molar-refractivity contribution in [2.75, 3.05) is 12.3 Å². The maximum Gasteiger partial charge on any atom is 0.242 e. The van der Waals surface area contributed by atoms with Gasteiger partial charge in [-0.25, -0.2) is 13.1 Å². The molecule has 0 radical (unpaired) electrons. The number of rotatable bonds is 5. The van der Waals surface area contributed by atoms with Gasteiger partial charge in [-0.15, -0.1) is 0 Å². The Morgan fingerprint density at radius 1 is 1.28 bits per heavy atom. The SMILES string of the molecule is C/C=C/CCNS(=O)(=O)c1cc(C)c(C)cc1N. The van der Waals surface area contributed by atoms with Crippen LogP contribution < -0.4 is 10.5 Å². The van der Waals surface area contributed by atoms with E-state index in [1.165, 1.54) is 0 Å². The minimum atomic E-state index is -3.52. The van der Waals surface area contributed by atoms with E-state index in [2.05, 4.69) is 4.72 Å². The van der Waals surface area contributed by atoms with Crippen LogP contribution in [0.1, 0.15) is 24.5 Å². The molecule has 4 nitrogen and oxygen atoms in total. The second kappa shape index (κ2) is 6.02. The molecule has 1 aromatic carbocycles. The van der Waals surface area contributed by atoms with Crippen LogP contribution in [0.4, 0.5) is 5.69 Å². The van der Waals surface area contributed by atoms with Crippen LogP contribution in [0.2, 0.25) is 0 Å². The molecular weight excluding hydrogens is 248 g/mol. The summed E-state index contributed by atoms with van der Waals surface area (Å²) in [4.78, 5) is 0.158. The van der Waals surface area contributed by atoms with Crippen LogP contribution >= 0.6 is 0 Å². The zero-order valence-electron chi connectivity index (χ0n) is 11.0. The van der Waals surface area contributed by atoms with E-state index < -0.39 is 10.0 Å². The first-order valence-electron chi connectivity index (χ1n) is 5.86. The van der Waals surface area contributed by atoms with Gasteiger partial charge in [-0.1, -0.05) is 12.2 Å². The Balaban J connectivity index is 2.95. The van der Waals surface area contributed by atoms with Crippen molar-refractivity contribution in [2.45, 2.75) is 32.1 Å². The Kier molecular flexibility index (Phi) is 4.93. The predicted octanol–water partition coefficient (Wildman–Crippen LogP) is 2.13. The zero-order chi connectivity index (χ0) is 13.8. The molecule has 0 aliphatic carbocycles. The normalized spacial score (nSPS) is 12.2. The van der Waals surface area contributed by atoms with E-state index in [-0.39, 0.29) is 10.6 Å². The molecule has 0 aliphatic heterocycles. The van der Waals surface area contributed by atoms with Gasteiger partial charge in [0.2, 0.25) is 10.0 Å². The van der Waals surface area contributed by atoms with Crippen molar-refractivity contribution in [1.82, 2.24) is 4.72 Å². The summed E-state index contributed by atoms with van der Waals surface area (Å²) in [6, 6.07) is 3.30.